The predicted molar refractivity (Wildman–Crippen MR) is 44.5 cm³/mol. The van der Waals surface area contributed by atoms with E-state index in [2.05, 4.69) is 0 Å². The Kier molecular flexibility index (Phi) is 1.81. The van der Waals surface area contributed by atoms with Crippen LogP contribution in [0.4, 0.5) is 0 Å². The van der Waals surface area contributed by atoms with Gasteiger partial charge in [-0.05, 0) is 6.07 Å². The van der Waals surface area contributed by atoms with Crippen LogP contribution in [0.2, 0.25) is 0 Å². The van der Waals surface area contributed by atoms with Gasteiger partial charge in [0, 0.05) is 6.07 Å². The normalized spacial score (nSPS) is 12.7. The molecule has 0 N–H and O–H groups in total. The highest BCUT2D eigenvalue weighted by Crippen LogP contribution is 2.38. The molecule has 4 heteroatoms. The summed E-state index contributed by atoms with van der Waals surface area (Å²) in [6.45, 7) is 0.156. The van der Waals surface area contributed by atoms with Crippen LogP contribution in [0, 0.1) is 0 Å². The summed E-state index contributed by atoms with van der Waals surface area (Å²) in [6.07, 6.45) is 0.718. The Balaban J connectivity index is 2.55. The first kappa shape index (κ1) is 7.91. The first-order chi connectivity index (χ1) is 6.35. The number of rotatable bonds is 2. The average Bonchev–Trinajstić information content (AvgIpc) is 2.63. The van der Waals surface area contributed by atoms with Crippen LogP contribution < -0.4 is 14.2 Å². The minimum atomic E-state index is 0.156. The van der Waals surface area contributed by atoms with Crippen LogP contribution in [0.25, 0.3) is 0 Å². The van der Waals surface area contributed by atoms with Crippen molar-refractivity contribution in [2.24, 2.45) is 0 Å². The maximum atomic E-state index is 10.6. The zero-order valence-corrected chi connectivity index (χ0v) is 7.07. The number of fused-ring (bicyclic) bond motifs is 1. The van der Waals surface area contributed by atoms with Gasteiger partial charge < -0.3 is 14.2 Å². The van der Waals surface area contributed by atoms with Crippen LogP contribution >= 0.6 is 0 Å². The molecule has 1 aromatic carbocycles. The Bertz CT molecular complexity index is 346. The van der Waals surface area contributed by atoms with Crippen LogP contribution in [0.3, 0.4) is 0 Å². The molecule has 1 aliphatic rings. The van der Waals surface area contributed by atoms with Crippen LogP contribution in [0.5, 0.6) is 17.2 Å². The molecular formula is C9H8O4. The van der Waals surface area contributed by atoms with Crippen molar-refractivity contribution >= 4 is 6.29 Å². The van der Waals surface area contributed by atoms with Crippen molar-refractivity contribution < 1.29 is 19.0 Å². The van der Waals surface area contributed by atoms with Gasteiger partial charge in [-0.15, -0.1) is 0 Å². The second-order valence-electron chi connectivity index (χ2n) is 2.57. The molecular weight excluding hydrogens is 172 g/mol. The van der Waals surface area contributed by atoms with E-state index in [-0.39, 0.29) is 6.79 Å². The Morgan fingerprint density at radius 1 is 1.46 bits per heavy atom. The van der Waals surface area contributed by atoms with E-state index in [1.807, 2.05) is 0 Å². The molecule has 68 valence electrons. The smallest absolute Gasteiger partial charge is 0.231 e. The van der Waals surface area contributed by atoms with Crippen molar-refractivity contribution in [3.05, 3.63) is 17.7 Å². The third-order valence-corrected chi connectivity index (χ3v) is 1.84. The molecule has 1 aromatic rings. The van der Waals surface area contributed by atoms with E-state index in [4.69, 9.17) is 14.2 Å². The van der Waals surface area contributed by atoms with Crippen molar-refractivity contribution in [3.63, 3.8) is 0 Å². The van der Waals surface area contributed by atoms with Crippen molar-refractivity contribution in [2.75, 3.05) is 13.9 Å². The molecule has 0 amide bonds. The molecule has 0 aromatic heterocycles. The zero-order valence-electron chi connectivity index (χ0n) is 7.07. The first-order valence-corrected chi connectivity index (χ1v) is 3.78. The maximum absolute atomic E-state index is 10.6. The van der Waals surface area contributed by atoms with E-state index in [1.54, 1.807) is 12.1 Å². The van der Waals surface area contributed by atoms with E-state index in [1.165, 1.54) is 7.11 Å². The molecule has 0 aliphatic carbocycles. The van der Waals surface area contributed by atoms with E-state index in [9.17, 15) is 4.79 Å². The lowest BCUT2D eigenvalue weighted by Crippen LogP contribution is -1.94. The molecule has 4 nitrogen and oxygen atoms in total. The molecule has 0 spiro atoms. The fraction of sp³-hybridized carbons (Fsp3) is 0.222. The lowest BCUT2D eigenvalue weighted by atomic mass is 10.2. The molecule has 1 heterocycles. The van der Waals surface area contributed by atoms with E-state index in [0.29, 0.717) is 22.8 Å². The zero-order chi connectivity index (χ0) is 9.26. The lowest BCUT2D eigenvalue weighted by molar-refractivity contribution is 0.111. The van der Waals surface area contributed by atoms with Crippen LogP contribution in [-0.2, 0) is 0 Å². The van der Waals surface area contributed by atoms with Gasteiger partial charge in [-0.25, -0.2) is 0 Å². The molecule has 0 saturated carbocycles. The van der Waals surface area contributed by atoms with Crippen LogP contribution in [0.1, 0.15) is 10.4 Å². The molecule has 0 saturated heterocycles. The highest BCUT2D eigenvalue weighted by Gasteiger charge is 2.18. The molecule has 2 rings (SSSR count). The summed E-state index contributed by atoms with van der Waals surface area (Å²) in [5, 5.41) is 0. The van der Waals surface area contributed by atoms with Gasteiger partial charge in [-0.1, -0.05) is 0 Å². The molecule has 0 fully saturated rings. The third kappa shape index (κ3) is 1.20. The number of carbonyl (C=O) groups is 1. The topological polar surface area (TPSA) is 44.8 Å². The summed E-state index contributed by atoms with van der Waals surface area (Å²) < 4.78 is 15.2. The van der Waals surface area contributed by atoms with Crippen molar-refractivity contribution in [1.29, 1.82) is 0 Å². The fourth-order valence-electron chi connectivity index (χ4n) is 1.22. The van der Waals surface area contributed by atoms with Crippen molar-refractivity contribution in [3.8, 4) is 17.2 Å². The monoisotopic (exact) mass is 180 g/mol. The predicted octanol–water partition coefficient (Wildman–Crippen LogP) is 1.24. The first-order valence-electron chi connectivity index (χ1n) is 3.78. The van der Waals surface area contributed by atoms with Crippen LogP contribution in [0.15, 0.2) is 12.1 Å². The molecule has 0 bridgehead atoms. The number of ether oxygens (including phenoxy) is 3. The molecule has 0 radical (unpaired) electrons. The lowest BCUT2D eigenvalue weighted by Gasteiger charge is -2.03. The molecule has 0 atom stereocenters. The van der Waals surface area contributed by atoms with E-state index >= 15 is 0 Å². The number of carbonyl (C=O) groups excluding carboxylic acids is 1. The second-order valence-corrected chi connectivity index (χ2v) is 2.57. The minimum Gasteiger partial charge on any atom is -0.497 e. The van der Waals surface area contributed by atoms with E-state index < -0.39 is 0 Å². The quantitative estimate of drug-likeness (QED) is 0.642. The summed E-state index contributed by atoms with van der Waals surface area (Å²) >= 11 is 0. The summed E-state index contributed by atoms with van der Waals surface area (Å²) in [5.41, 5.74) is 0.451. The standard InChI is InChI=1S/C9H8O4/c1-11-7-2-6(4-10)9-8(3-7)12-5-13-9/h2-4H,5H2,1H3. The van der Waals surface area contributed by atoms with Gasteiger partial charge in [-0.2, -0.15) is 0 Å². The van der Waals surface area contributed by atoms with Crippen molar-refractivity contribution in [2.45, 2.75) is 0 Å². The number of benzene rings is 1. The number of methoxy groups -OCH3 is 1. The number of aldehydes is 1. The maximum Gasteiger partial charge on any atom is 0.231 e. The number of hydrogen-bond acceptors (Lipinski definition) is 4. The fourth-order valence-corrected chi connectivity index (χ4v) is 1.22. The second kappa shape index (κ2) is 2.97. The summed E-state index contributed by atoms with van der Waals surface area (Å²) in [4.78, 5) is 10.6. The summed E-state index contributed by atoms with van der Waals surface area (Å²) in [7, 11) is 1.53. The van der Waals surface area contributed by atoms with Gasteiger partial charge in [0.05, 0.1) is 12.7 Å². The molecule has 1 aliphatic heterocycles. The average molecular weight is 180 g/mol. The molecule has 0 unspecified atom stereocenters. The van der Waals surface area contributed by atoms with Gasteiger partial charge in [0.25, 0.3) is 0 Å². The Hall–Kier alpha value is -1.71. The Morgan fingerprint density at radius 3 is 3.00 bits per heavy atom. The summed E-state index contributed by atoms with van der Waals surface area (Å²) in [5.74, 6) is 1.64. The van der Waals surface area contributed by atoms with Gasteiger partial charge in [-0.3, -0.25) is 4.79 Å². The highest BCUT2D eigenvalue weighted by molar-refractivity contribution is 5.82. The number of hydrogen-bond donors (Lipinski definition) is 0. The van der Waals surface area contributed by atoms with Gasteiger partial charge in [0.15, 0.2) is 17.8 Å². The van der Waals surface area contributed by atoms with Gasteiger partial charge in [0.1, 0.15) is 5.75 Å². The summed E-state index contributed by atoms with van der Waals surface area (Å²) in [6, 6.07) is 3.30. The minimum absolute atomic E-state index is 0.156. The van der Waals surface area contributed by atoms with Gasteiger partial charge in [0.2, 0.25) is 6.79 Å². The highest BCUT2D eigenvalue weighted by atomic mass is 16.7. The third-order valence-electron chi connectivity index (χ3n) is 1.84. The van der Waals surface area contributed by atoms with Crippen LogP contribution in [-0.4, -0.2) is 20.2 Å². The van der Waals surface area contributed by atoms with E-state index in [0.717, 1.165) is 6.29 Å². The largest absolute Gasteiger partial charge is 0.497 e. The Morgan fingerprint density at radius 2 is 2.31 bits per heavy atom. The molecule has 13 heavy (non-hydrogen) atoms. The van der Waals surface area contributed by atoms with Crippen molar-refractivity contribution in [1.82, 2.24) is 0 Å². The van der Waals surface area contributed by atoms with Gasteiger partial charge >= 0.3 is 0 Å². The Labute approximate surface area is 75.0 Å². The SMILES string of the molecule is COc1cc(C=O)c2c(c1)OCO2.